The lowest BCUT2D eigenvalue weighted by molar-refractivity contribution is -0.152. The Bertz CT molecular complexity index is 268. The number of esters is 2. The normalized spacial score (nSPS) is 8.50. The molecule has 0 amide bonds. The summed E-state index contributed by atoms with van der Waals surface area (Å²) in [4.78, 5) is 21.5. The minimum atomic E-state index is -0.596. The lowest BCUT2D eigenvalue weighted by atomic mass is 10.4. The summed E-state index contributed by atoms with van der Waals surface area (Å²) in [7, 11) is 1.22. The average molecular weight is 198 g/mol. The van der Waals surface area contributed by atoms with Crippen LogP contribution in [0.2, 0.25) is 0 Å². The number of methoxy groups -OCH3 is 1. The second kappa shape index (κ2) is 6.92. The quantitative estimate of drug-likeness (QED) is 0.387. The maximum absolute atomic E-state index is 10.9. The molecule has 4 heteroatoms. The van der Waals surface area contributed by atoms with Crippen molar-refractivity contribution in [2.45, 2.75) is 20.3 Å². The molecule has 0 saturated carbocycles. The maximum Gasteiger partial charge on any atom is 0.317 e. The molecule has 0 unspecified atom stereocenters. The van der Waals surface area contributed by atoms with E-state index in [-0.39, 0.29) is 13.0 Å². The van der Waals surface area contributed by atoms with Crippen molar-refractivity contribution >= 4 is 11.9 Å². The van der Waals surface area contributed by atoms with E-state index in [9.17, 15) is 9.59 Å². The Hall–Kier alpha value is -1.54. The van der Waals surface area contributed by atoms with Crippen molar-refractivity contribution in [1.29, 1.82) is 0 Å². The molecule has 0 N–H and O–H groups in total. The fraction of sp³-hybridized carbons (Fsp3) is 0.500. The van der Waals surface area contributed by atoms with Crippen molar-refractivity contribution in [1.82, 2.24) is 0 Å². The summed E-state index contributed by atoms with van der Waals surface area (Å²) in [6.07, 6.45) is 1.24. The van der Waals surface area contributed by atoms with Gasteiger partial charge in [0.05, 0.1) is 7.11 Å². The van der Waals surface area contributed by atoms with Crippen LogP contribution in [0.15, 0.2) is 17.4 Å². The zero-order chi connectivity index (χ0) is 11.0. The molecule has 0 rings (SSSR count). The molecular weight excluding hydrogens is 184 g/mol. The summed E-state index contributed by atoms with van der Waals surface area (Å²) >= 11 is 0. The van der Waals surface area contributed by atoms with Crippen LogP contribution >= 0.6 is 0 Å². The van der Waals surface area contributed by atoms with Gasteiger partial charge in [0.1, 0.15) is 13.0 Å². The van der Waals surface area contributed by atoms with Crippen molar-refractivity contribution in [3.8, 4) is 0 Å². The van der Waals surface area contributed by atoms with E-state index in [1.165, 1.54) is 7.11 Å². The highest BCUT2D eigenvalue weighted by Gasteiger charge is 2.09. The highest BCUT2D eigenvalue weighted by molar-refractivity contribution is 5.91. The van der Waals surface area contributed by atoms with Crippen molar-refractivity contribution < 1.29 is 19.1 Å². The predicted molar refractivity (Wildman–Crippen MR) is 50.5 cm³/mol. The number of rotatable bonds is 4. The third kappa shape index (κ3) is 7.13. The first-order valence-electron chi connectivity index (χ1n) is 4.17. The topological polar surface area (TPSA) is 52.6 Å². The number of hydrogen-bond acceptors (Lipinski definition) is 4. The summed E-state index contributed by atoms with van der Waals surface area (Å²) in [5.41, 5.74) is 3.86. The lowest BCUT2D eigenvalue weighted by Crippen LogP contribution is -2.12. The molecule has 0 fully saturated rings. The molecular formula is C10H14O4. The SMILES string of the molecule is COC(=O)CC(=O)OCC=C=C(C)C. The van der Waals surface area contributed by atoms with Gasteiger partial charge in [0, 0.05) is 0 Å². The first-order valence-corrected chi connectivity index (χ1v) is 4.17. The molecule has 0 aromatic rings. The first kappa shape index (κ1) is 12.5. The van der Waals surface area contributed by atoms with E-state index in [1.807, 2.05) is 13.8 Å². The van der Waals surface area contributed by atoms with Crippen LogP contribution in [0.3, 0.4) is 0 Å². The Morgan fingerprint density at radius 2 is 1.93 bits per heavy atom. The summed E-state index contributed by atoms with van der Waals surface area (Å²) < 4.78 is 8.99. The van der Waals surface area contributed by atoms with Crippen LogP contribution in [0.25, 0.3) is 0 Å². The van der Waals surface area contributed by atoms with Gasteiger partial charge in [-0.25, -0.2) is 0 Å². The van der Waals surface area contributed by atoms with Crippen molar-refractivity contribution in [2.75, 3.05) is 13.7 Å². The predicted octanol–water partition coefficient (Wildman–Crippen LogP) is 1.21. The first-order chi connectivity index (χ1) is 6.56. The van der Waals surface area contributed by atoms with Gasteiger partial charge in [0.25, 0.3) is 0 Å². The van der Waals surface area contributed by atoms with Gasteiger partial charge in [-0.3, -0.25) is 9.59 Å². The van der Waals surface area contributed by atoms with E-state index in [0.29, 0.717) is 0 Å². The average Bonchev–Trinajstić information content (AvgIpc) is 2.12. The molecule has 0 aliphatic heterocycles. The molecule has 14 heavy (non-hydrogen) atoms. The molecule has 0 bridgehead atoms. The standard InChI is InChI=1S/C10H14O4/c1-8(2)5-4-6-14-10(12)7-9(11)13-3/h4H,6-7H2,1-3H3. The lowest BCUT2D eigenvalue weighted by Gasteiger charge is -1.99. The van der Waals surface area contributed by atoms with Gasteiger partial charge >= 0.3 is 11.9 Å². The number of ether oxygens (including phenoxy) is 2. The molecule has 0 atom stereocenters. The van der Waals surface area contributed by atoms with E-state index < -0.39 is 11.9 Å². The molecule has 78 valence electrons. The Morgan fingerprint density at radius 3 is 2.43 bits per heavy atom. The Balaban J connectivity index is 3.76. The molecule has 0 saturated heterocycles. The largest absolute Gasteiger partial charge is 0.469 e. The van der Waals surface area contributed by atoms with E-state index in [4.69, 9.17) is 4.74 Å². The van der Waals surface area contributed by atoms with E-state index in [0.717, 1.165) is 5.57 Å². The zero-order valence-corrected chi connectivity index (χ0v) is 8.62. The molecule has 4 nitrogen and oxygen atoms in total. The summed E-state index contributed by atoms with van der Waals surface area (Å²) in [6.45, 7) is 3.89. The Kier molecular flexibility index (Phi) is 6.16. The Morgan fingerprint density at radius 1 is 1.29 bits per heavy atom. The minimum absolute atomic E-state index is 0.126. The molecule has 0 aliphatic rings. The van der Waals surface area contributed by atoms with Crippen molar-refractivity contribution in [2.24, 2.45) is 0 Å². The van der Waals surface area contributed by atoms with Crippen LogP contribution < -0.4 is 0 Å². The summed E-state index contributed by atoms with van der Waals surface area (Å²) in [5.74, 6) is -1.19. The van der Waals surface area contributed by atoms with Crippen LogP contribution in [-0.4, -0.2) is 25.7 Å². The van der Waals surface area contributed by atoms with E-state index >= 15 is 0 Å². The van der Waals surface area contributed by atoms with Crippen LogP contribution in [0.5, 0.6) is 0 Å². The van der Waals surface area contributed by atoms with Gasteiger partial charge in [-0.05, 0) is 25.5 Å². The third-order valence-corrected chi connectivity index (χ3v) is 1.23. The number of carbonyl (C=O) groups is 2. The summed E-state index contributed by atoms with van der Waals surface area (Å²) in [6, 6.07) is 0. The fourth-order valence-corrected chi connectivity index (χ4v) is 0.621. The highest BCUT2D eigenvalue weighted by atomic mass is 16.5. The second-order valence-electron chi connectivity index (χ2n) is 2.78. The zero-order valence-electron chi connectivity index (χ0n) is 8.62. The minimum Gasteiger partial charge on any atom is -0.469 e. The maximum atomic E-state index is 10.9. The van der Waals surface area contributed by atoms with E-state index in [1.54, 1.807) is 6.08 Å². The smallest absolute Gasteiger partial charge is 0.317 e. The van der Waals surface area contributed by atoms with Crippen LogP contribution in [0, 0.1) is 0 Å². The van der Waals surface area contributed by atoms with Gasteiger partial charge < -0.3 is 9.47 Å². The number of hydrogen-bond donors (Lipinski definition) is 0. The molecule has 0 heterocycles. The third-order valence-electron chi connectivity index (χ3n) is 1.23. The van der Waals surface area contributed by atoms with Gasteiger partial charge in [-0.15, -0.1) is 5.73 Å². The molecule has 0 aliphatic carbocycles. The molecule has 0 spiro atoms. The van der Waals surface area contributed by atoms with Gasteiger partial charge in [-0.2, -0.15) is 0 Å². The highest BCUT2D eigenvalue weighted by Crippen LogP contribution is 1.90. The molecule has 0 radical (unpaired) electrons. The van der Waals surface area contributed by atoms with Crippen LogP contribution in [0.1, 0.15) is 20.3 Å². The van der Waals surface area contributed by atoms with Gasteiger partial charge in [0.15, 0.2) is 0 Å². The van der Waals surface area contributed by atoms with Crippen molar-refractivity contribution in [3.05, 3.63) is 17.4 Å². The summed E-state index contributed by atoms with van der Waals surface area (Å²) in [5, 5.41) is 0. The fourth-order valence-electron chi connectivity index (χ4n) is 0.621. The molecule has 0 aromatic heterocycles. The molecule has 0 aromatic carbocycles. The van der Waals surface area contributed by atoms with E-state index in [2.05, 4.69) is 10.5 Å². The number of carbonyl (C=O) groups excluding carboxylic acids is 2. The van der Waals surface area contributed by atoms with Gasteiger partial charge in [0.2, 0.25) is 0 Å². The second-order valence-corrected chi connectivity index (χ2v) is 2.78. The van der Waals surface area contributed by atoms with Crippen molar-refractivity contribution in [3.63, 3.8) is 0 Å². The Labute approximate surface area is 83.2 Å². The monoisotopic (exact) mass is 198 g/mol. The van der Waals surface area contributed by atoms with Gasteiger partial charge in [-0.1, -0.05) is 0 Å². The van der Waals surface area contributed by atoms with Crippen LogP contribution in [-0.2, 0) is 19.1 Å². The van der Waals surface area contributed by atoms with Crippen LogP contribution in [0.4, 0.5) is 0 Å².